The summed E-state index contributed by atoms with van der Waals surface area (Å²) in [6.07, 6.45) is 0. The van der Waals surface area contributed by atoms with Gasteiger partial charge in [-0.3, -0.25) is 0 Å². The lowest BCUT2D eigenvalue weighted by Gasteiger charge is -2.14. The molecule has 1 aromatic heterocycles. The molecule has 0 aliphatic carbocycles. The van der Waals surface area contributed by atoms with Gasteiger partial charge in [0, 0.05) is 16.6 Å². The summed E-state index contributed by atoms with van der Waals surface area (Å²) in [4.78, 5) is 0. The van der Waals surface area contributed by atoms with Crippen LogP contribution in [-0.4, -0.2) is 10.2 Å². The van der Waals surface area contributed by atoms with Gasteiger partial charge in [0.2, 0.25) is 11.8 Å². The highest BCUT2D eigenvalue weighted by Gasteiger charge is 2.12. The Kier molecular flexibility index (Phi) is 4.51. The van der Waals surface area contributed by atoms with Crippen molar-refractivity contribution in [2.75, 3.05) is 0 Å². The summed E-state index contributed by atoms with van der Waals surface area (Å²) in [6.45, 7) is 2.54. The van der Waals surface area contributed by atoms with Gasteiger partial charge in [-0.05, 0) is 30.7 Å². The summed E-state index contributed by atoms with van der Waals surface area (Å²) in [5, 5.41) is 12.2. The third-order valence-corrected chi connectivity index (χ3v) is 3.76. The van der Waals surface area contributed by atoms with Crippen LogP contribution in [0.1, 0.15) is 24.4 Å². The molecule has 0 aliphatic rings. The first-order valence-electron chi connectivity index (χ1n) is 7.09. The van der Waals surface area contributed by atoms with Crippen molar-refractivity contribution >= 4 is 11.6 Å². The minimum atomic E-state index is 0.0979. The molecule has 1 N–H and O–H groups in total. The van der Waals surface area contributed by atoms with E-state index in [0.29, 0.717) is 18.3 Å². The van der Waals surface area contributed by atoms with E-state index in [0.717, 1.165) is 16.1 Å². The van der Waals surface area contributed by atoms with E-state index < -0.39 is 0 Å². The third-order valence-electron chi connectivity index (χ3n) is 3.42. The molecule has 1 heterocycles. The van der Waals surface area contributed by atoms with Crippen LogP contribution >= 0.6 is 11.6 Å². The van der Waals surface area contributed by atoms with Crippen molar-refractivity contribution in [2.24, 2.45) is 0 Å². The topological polar surface area (TPSA) is 51.0 Å². The van der Waals surface area contributed by atoms with E-state index in [9.17, 15) is 0 Å². The van der Waals surface area contributed by atoms with Crippen LogP contribution in [0.2, 0.25) is 5.02 Å². The number of rotatable bonds is 5. The lowest BCUT2D eigenvalue weighted by molar-refractivity contribution is 0.454. The zero-order valence-corrected chi connectivity index (χ0v) is 12.9. The molecule has 0 aliphatic heterocycles. The lowest BCUT2D eigenvalue weighted by atomic mass is 10.1. The Morgan fingerprint density at radius 2 is 1.77 bits per heavy atom. The summed E-state index contributed by atoms with van der Waals surface area (Å²) >= 11 is 6.19. The van der Waals surface area contributed by atoms with E-state index in [1.165, 1.54) is 0 Å². The van der Waals surface area contributed by atoms with Crippen molar-refractivity contribution in [1.29, 1.82) is 0 Å². The molecule has 0 radical (unpaired) electrons. The number of aromatic nitrogens is 2. The van der Waals surface area contributed by atoms with Gasteiger partial charge in [-0.15, -0.1) is 10.2 Å². The number of hydrogen-bond donors (Lipinski definition) is 1. The molecule has 5 heteroatoms. The van der Waals surface area contributed by atoms with Crippen LogP contribution < -0.4 is 5.32 Å². The molecule has 22 heavy (non-hydrogen) atoms. The van der Waals surface area contributed by atoms with Gasteiger partial charge < -0.3 is 9.73 Å². The predicted molar refractivity (Wildman–Crippen MR) is 86.4 cm³/mol. The van der Waals surface area contributed by atoms with Gasteiger partial charge in [-0.2, -0.15) is 0 Å². The molecule has 0 saturated heterocycles. The van der Waals surface area contributed by atoms with Crippen LogP contribution in [0, 0.1) is 0 Å². The standard InChI is InChI=1S/C17H16ClN3O/c1-12(14-9-5-6-10-15(14)18)19-11-16-20-21-17(22-16)13-7-3-2-4-8-13/h2-10,12,19H,11H2,1H3/t12-/m0/s1. The molecule has 0 spiro atoms. The monoisotopic (exact) mass is 313 g/mol. The lowest BCUT2D eigenvalue weighted by Crippen LogP contribution is -2.18. The van der Waals surface area contributed by atoms with E-state index in [1.54, 1.807) is 0 Å². The second-order valence-corrected chi connectivity index (χ2v) is 5.40. The van der Waals surface area contributed by atoms with Crippen molar-refractivity contribution in [3.63, 3.8) is 0 Å². The SMILES string of the molecule is C[C@H](NCc1nnc(-c2ccccc2)o1)c1ccccc1Cl. The van der Waals surface area contributed by atoms with Crippen LogP contribution in [0.25, 0.3) is 11.5 Å². The van der Waals surface area contributed by atoms with Gasteiger partial charge in [-0.1, -0.05) is 48.0 Å². The quantitative estimate of drug-likeness (QED) is 0.765. The zero-order chi connectivity index (χ0) is 15.4. The average Bonchev–Trinajstić information content (AvgIpc) is 3.03. The molecule has 2 aromatic carbocycles. The van der Waals surface area contributed by atoms with E-state index in [4.69, 9.17) is 16.0 Å². The molecular weight excluding hydrogens is 298 g/mol. The largest absolute Gasteiger partial charge is 0.419 e. The molecule has 4 nitrogen and oxygen atoms in total. The van der Waals surface area contributed by atoms with E-state index in [-0.39, 0.29) is 6.04 Å². The highest BCUT2D eigenvalue weighted by molar-refractivity contribution is 6.31. The number of nitrogens with one attached hydrogen (secondary N) is 1. The fourth-order valence-electron chi connectivity index (χ4n) is 2.20. The van der Waals surface area contributed by atoms with Crippen LogP contribution in [0.15, 0.2) is 59.0 Å². The maximum absolute atomic E-state index is 6.19. The van der Waals surface area contributed by atoms with E-state index in [1.807, 2.05) is 54.6 Å². The Hall–Kier alpha value is -2.17. The summed E-state index contributed by atoms with van der Waals surface area (Å²) in [6, 6.07) is 17.6. The number of hydrogen-bond acceptors (Lipinski definition) is 4. The number of halogens is 1. The highest BCUT2D eigenvalue weighted by atomic mass is 35.5. The van der Waals surface area contributed by atoms with Crippen LogP contribution in [-0.2, 0) is 6.54 Å². The van der Waals surface area contributed by atoms with Crippen molar-refractivity contribution < 1.29 is 4.42 Å². The van der Waals surface area contributed by atoms with E-state index >= 15 is 0 Å². The van der Waals surface area contributed by atoms with Gasteiger partial charge in [0.15, 0.2) is 0 Å². The second-order valence-electron chi connectivity index (χ2n) is 4.99. The molecule has 112 valence electrons. The van der Waals surface area contributed by atoms with Crippen molar-refractivity contribution in [3.05, 3.63) is 71.1 Å². The number of benzene rings is 2. The molecule has 0 amide bonds. The molecule has 0 saturated carbocycles. The van der Waals surface area contributed by atoms with Crippen LogP contribution in [0.4, 0.5) is 0 Å². The predicted octanol–water partition coefficient (Wildman–Crippen LogP) is 4.24. The molecule has 3 rings (SSSR count). The van der Waals surface area contributed by atoms with Gasteiger partial charge in [0.25, 0.3) is 0 Å². The Morgan fingerprint density at radius 1 is 1.05 bits per heavy atom. The smallest absolute Gasteiger partial charge is 0.247 e. The Bertz CT molecular complexity index is 742. The minimum absolute atomic E-state index is 0.0979. The second kappa shape index (κ2) is 6.73. The van der Waals surface area contributed by atoms with Crippen LogP contribution in [0.3, 0.4) is 0 Å². The van der Waals surface area contributed by atoms with Gasteiger partial charge in [0.1, 0.15) is 0 Å². The van der Waals surface area contributed by atoms with Crippen molar-refractivity contribution in [1.82, 2.24) is 15.5 Å². The maximum Gasteiger partial charge on any atom is 0.247 e. The van der Waals surface area contributed by atoms with Gasteiger partial charge in [0.05, 0.1) is 6.54 Å². The summed E-state index contributed by atoms with van der Waals surface area (Å²) < 4.78 is 5.67. The summed E-state index contributed by atoms with van der Waals surface area (Å²) in [5.41, 5.74) is 1.97. The normalized spacial score (nSPS) is 12.3. The van der Waals surface area contributed by atoms with Gasteiger partial charge >= 0.3 is 0 Å². The fraction of sp³-hybridized carbons (Fsp3) is 0.176. The minimum Gasteiger partial charge on any atom is -0.419 e. The Labute approximate surface area is 134 Å². The van der Waals surface area contributed by atoms with Crippen LogP contribution in [0.5, 0.6) is 0 Å². The summed E-state index contributed by atoms with van der Waals surface area (Å²) in [5.74, 6) is 1.08. The average molecular weight is 314 g/mol. The zero-order valence-electron chi connectivity index (χ0n) is 12.2. The van der Waals surface area contributed by atoms with Crippen molar-refractivity contribution in [2.45, 2.75) is 19.5 Å². The van der Waals surface area contributed by atoms with E-state index in [2.05, 4.69) is 22.4 Å². The molecule has 3 aromatic rings. The molecule has 0 unspecified atom stereocenters. The Morgan fingerprint density at radius 3 is 2.55 bits per heavy atom. The maximum atomic E-state index is 6.19. The molecular formula is C17H16ClN3O. The molecule has 0 fully saturated rings. The molecule has 1 atom stereocenters. The first-order valence-corrected chi connectivity index (χ1v) is 7.47. The summed E-state index contributed by atoms with van der Waals surface area (Å²) in [7, 11) is 0. The third kappa shape index (κ3) is 3.35. The first kappa shape index (κ1) is 14.8. The van der Waals surface area contributed by atoms with Crippen molar-refractivity contribution in [3.8, 4) is 11.5 Å². The fourth-order valence-corrected chi connectivity index (χ4v) is 2.50. The first-order chi connectivity index (χ1) is 10.7. The molecule has 0 bridgehead atoms. The Balaban J connectivity index is 1.65. The number of nitrogens with zero attached hydrogens (tertiary/aromatic N) is 2. The highest BCUT2D eigenvalue weighted by Crippen LogP contribution is 2.22. The van der Waals surface area contributed by atoms with Gasteiger partial charge in [-0.25, -0.2) is 0 Å².